The molecular formula is C17H17NO2S. The van der Waals surface area contributed by atoms with Crippen LogP contribution in [-0.2, 0) is 10.0 Å². The van der Waals surface area contributed by atoms with Crippen LogP contribution >= 0.6 is 0 Å². The molecule has 1 atom stereocenters. The standard InChI is InChI=1S/C17H17NO2S/c1-14-9-11-16(12-10-14)21(19,20)18-13-5-8-17(18)15-6-3-2-4-7-15/h2-12,17H,13H2,1H3. The Morgan fingerprint density at radius 2 is 1.67 bits per heavy atom. The van der Waals surface area contributed by atoms with Crippen LogP contribution in [-0.4, -0.2) is 19.3 Å². The number of hydrogen-bond acceptors (Lipinski definition) is 2. The number of sulfonamides is 1. The molecule has 1 unspecified atom stereocenters. The van der Waals surface area contributed by atoms with Crippen molar-refractivity contribution in [3.63, 3.8) is 0 Å². The van der Waals surface area contributed by atoms with Crippen LogP contribution < -0.4 is 0 Å². The van der Waals surface area contributed by atoms with Crippen LogP contribution in [0.25, 0.3) is 0 Å². The summed E-state index contributed by atoms with van der Waals surface area (Å²) in [6, 6.07) is 16.5. The third-order valence-electron chi connectivity index (χ3n) is 3.68. The SMILES string of the molecule is Cc1ccc(S(=O)(=O)N2CC=CC2c2ccccc2)cc1. The molecule has 2 aromatic carbocycles. The molecule has 0 N–H and O–H groups in total. The van der Waals surface area contributed by atoms with Gasteiger partial charge in [0.05, 0.1) is 10.9 Å². The lowest BCUT2D eigenvalue weighted by molar-refractivity contribution is 0.418. The monoisotopic (exact) mass is 299 g/mol. The van der Waals surface area contributed by atoms with E-state index in [9.17, 15) is 8.42 Å². The van der Waals surface area contributed by atoms with Gasteiger partial charge in [0.2, 0.25) is 10.0 Å². The van der Waals surface area contributed by atoms with E-state index in [-0.39, 0.29) is 6.04 Å². The highest BCUT2D eigenvalue weighted by Gasteiger charge is 2.32. The first-order valence-electron chi connectivity index (χ1n) is 6.89. The van der Waals surface area contributed by atoms with Crippen molar-refractivity contribution in [2.24, 2.45) is 0 Å². The highest BCUT2D eigenvalue weighted by molar-refractivity contribution is 7.89. The van der Waals surface area contributed by atoms with Crippen LogP contribution in [0.3, 0.4) is 0 Å². The quantitative estimate of drug-likeness (QED) is 0.816. The fourth-order valence-electron chi connectivity index (χ4n) is 2.52. The van der Waals surface area contributed by atoms with E-state index in [4.69, 9.17) is 0 Å². The predicted octanol–water partition coefficient (Wildman–Crippen LogP) is 3.30. The summed E-state index contributed by atoms with van der Waals surface area (Å²) in [5, 5.41) is 0. The van der Waals surface area contributed by atoms with Crippen molar-refractivity contribution < 1.29 is 8.42 Å². The highest BCUT2D eigenvalue weighted by Crippen LogP contribution is 2.32. The summed E-state index contributed by atoms with van der Waals surface area (Å²) < 4.78 is 27.2. The van der Waals surface area contributed by atoms with Gasteiger partial charge >= 0.3 is 0 Å². The molecule has 1 heterocycles. The Labute approximate surface area is 125 Å². The lowest BCUT2D eigenvalue weighted by atomic mass is 10.1. The largest absolute Gasteiger partial charge is 0.244 e. The molecule has 0 aromatic heterocycles. The first-order chi connectivity index (χ1) is 10.1. The number of aryl methyl sites for hydroxylation is 1. The van der Waals surface area contributed by atoms with Gasteiger partial charge in [0.25, 0.3) is 0 Å². The summed E-state index contributed by atoms with van der Waals surface area (Å²) in [7, 11) is -3.48. The lowest BCUT2D eigenvalue weighted by Gasteiger charge is -2.24. The van der Waals surface area contributed by atoms with E-state index in [1.165, 1.54) is 4.31 Å². The Balaban J connectivity index is 1.97. The van der Waals surface area contributed by atoms with Gasteiger partial charge in [0.15, 0.2) is 0 Å². The summed E-state index contributed by atoms with van der Waals surface area (Å²) in [5.41, 5.74) is 2.04. The van der Waals surface area contributed by atoms with Gasteiger partial charge in [-0.1, -0.05) is 60.2 Å². The van der Waals surface area contributed by atoms with E-state index < -0.39 is 10.0 Å². The van der Waals surface area contributed by atoms with Gasteiger partial charge in [-0.3, -0.25) is 0 Å². The van der Waals surface area contributed by atoms with Gasteiger partial charge in [-0.2, -0.15) is 4.31 Å². The van der Waals surface area contributed by atoms with Crippen molar-refractivity contribution in [2.75, 3.05) is 6.54 Å². The Kier molecular flexibility index (Phi) is 3.66. The van der Waals surface area contributed by atoms with E-state index in [0.717, 1.165) is 11.1 Å². The highest BCUT2D eigenvalue weighted by atomic mass is 32.2. The molecule has 0 radical (unpaired) electrons. The minimum Gasteiger partial charge on any atom is -0.207 e. The second-order valence-corrected chi connectivity index (χ2v) is 7.06. The third-order valence-corrected chi connectivity index (χ3v) is 5.54. The van der Waals surface area contributed by atoms with Gasteiger partial charge in [0, 0.05) is 6.54 Å². The molecular weight excluding hydrogens is 282 g/mol. The molecule has 108 valence electrons. The van der Waals surface area contributed by atoms with E-state index in [2.05, 4.69) is 0 Å². The number of nitrogens with zero attached hydrogens (tertiary/aromatic N) is 1. The maximum Gasteiger partial charge on any atom is 0.244 e. The molecule has 0 saturated carbocycles. The first kappa shape index (κ1) is 14.0. The summed E-state index contributed by atoms with van der Waals surface area (Å²) in [5.74, 6) is 0. The molecule has 0 saturated heterocycles. The molecule has 2 aromatic rings. The smallest absolute Gasteiger partial charge is 0.207 e. The second-order valence-electron chi connectivity index (χ2n) is 5.17. The normalized spacial score (nSPS) is 19.0. The molecule has 0 fully saturated rings. The molecule has 4 heteroatoms. The van der Waals surface area contributed by atoms with E-state index >= 15 is 0 Å². The Morgan fingerprint density at radius 3 is 2.33 bits per heavy atom. The van der Waals surface area contributed by atoms with Crippen molar-refractivity contribution in [1.29, 1.82) is 0 Å². The van der Waals surface area contributed by atoms with E-state index in [1.807, 2.05) is 61.5 Å². The summed E-state index contributed by atoms with van der Waals surface area (Å²) in [4.78, 5) is 0.345. The predicted molar refractivity (Wildman–Crippen MR) is 83.4 cm³/mol. The molecule has 21 heavy (non-hydrogen) atoms. The average molecular weight is 299 g/mol. The van der Waals surface area contributed by atoms with Crippen LogP contribution in [0.4, 0.5) is 0 Å². The summed E-state index contributed by atoms with van der Waals surface area (Å²) in [6.07, 6.45) is 3.85. The van der Waals surface area contributed by atoms with Crippen LogP contribution in [0, 0.1) is 6.92 Å². The fraction of sp³-hybridized carbons (Fsp3) is 0.176. The molecule has 1 aliphatic heterocycles. The molecule has 0 bridgehead atoms. The van der Waals surface area contributed by atoms with Crippen molar-refractivity contribution in [3.05, 3.63) is 77.9 Å². The zero-order valence-corrected chi connectivity index (χ0v) is 12.6. The Hall–Kier alpha value is -1.91. The molecule has 0 aliphatic carbocycles. The van der Waals surface area contributed by atoms with E-state index in [0.29, 0.717) is 11.4 Å². The Bertz CT molecular complexity index is 749. The van der Waals surface area contributed by atoms with Gasteiger partial charge in [-0.25, -0.2) is 8.42 Å². The van der Waals surface area contributed by atoms with Crippen molar-refractivity contribution in [2.45, 2.75) is 17.9 Å². The zero-order chi connectivity index (χ0) is 14.9. The minimum absolute atomic E-state index is 0.225. The van der Waals surface area contributed by atoms with E-state index in [1.54, 1.807) is 12.1 Å². The molecule has 0 spiro atoms. The lowest BCUT2D eigenvalue weighted by Crippen LogP contribution is -2.31. The first-order valence-corrected chi connectivity index (χ1v) is 8.33. The number of benzene rings is 2. The maximum absolute atomic E-state index is 12.8. The van der Waals surface area contributed by atoms with Crippen LogP contribution in [0.5, 0.6) is 0 Å². The third kappa shape index (κ3) is 2.64. The summed E-state index contributed by atoms with van der Waals surface area (Å²) >= 11 is 0. The Morgan fingerprint density at radius 1 is 1.00 bits per heavy atom. The molecule has 3 nitrogen and oxygen atoms in total. The van der Waals surface area contributed by atoms with Gasteiger partial charge in [-0.05, 0) is 24.6 Å². The maximum atomic E-state index is 12.8. The number of hydrogen-bond donors (Lipinski definition) is 0. The number of rotatable bonds is 3. The van der Waals surface area contributed by atoms with Crippen LogP contribution in [0.1, 0.15) is 17.2 Å². The van der Waals surface area contributed by atoms with Gasteiger partial charge in [-0.15, -0.1) is 0 Å². The minimum atomic E-state index is -3.48. The second kappa shape index (κ2) is 5.47. The topological polar surface area (TPSA) is 37.4 Å². The van der Waals surface area contributed by atoms with Crippen LogP contribution in [0.2, 0.25) is 0 Å². The average Bonchev–Trinajstić information content (AvgIpc) is 2.99. The van der Waals surface area contributed by atoms with Crippen molar-refractivity contribution >= 4 is 10.0 Å². The van der Waals surface area contributed by atoms with Gasteiger partial charge < -0.3 is 0 Å². The zero-order valence-electron chi connectivity index (χ0n) is 11.8. The molecule has 0 amide bonds. The molecule has 1 aliphatic rings. The van der Waals surface area contributed by atoms with Crippen molar-refractivity contribution in [3.8, 4) is 0 Å². The van der Waals surface area contributed by atoms with Crippen molar-refractivity contribution in [1.82, 2.24) is 4.31 Å². The molecule has 3 rings (SSSR count). The van der Waals surface area contributed by atoms with Gasteiger partial charge in [0.1, 0.15) is 0 Å². The summed E-state index contributed by atoms with van der Waals surface area (Å²) in [6.45, 7) is 2.36. The van der Waals surface area contributed by atoms with Crippen LogP contribution in [0.15, 0.2) is 71.6 Å². The fourth-order valence-corrected chi connectivity index (χ4v) is 4.05.